The number of aromatic nitrogens is 2. The van der Waals surface area contributed by atoms with Crippen LogP contribution in [0.1, 0.15) is 50.8 Å². The third kappa shape index (κ3) is 4.66. The Hall–Kier alpha value is -0.650. The van der Waals surface area contributed by atoms with Gasteiger partial charge in [0, 0.05) is 7.11 Å². The molecule has 0 spiro atoms. The zero-order valence-electron chi connectivity index (χ0n) is 13.1. The zero-order valence-corrected chi connectivity index (χ0v) is 14.7. The van der Waals surface area contributed by atoms with Crippen LogP contribution in [-0.2, 0) is 11.3 Å². The first-order chi connectivity index (χ1) is 10.3. The molecule has 0 amide bonds. The van der Waals surface area contributed by atoms with Crippen LogP contribution in [0.3, 0.4) is 0 Å². The lowest BCUT2D eigenvalue weighted by Gasteiger charge is -2.23. The van der Waals surface area contributed by atoms with Crippen molar-refractivity contribution in [2.45, 2.75) is 51.6 Å². The van der Waals surface area contributed by atoms with Crippen LogP contribution in [0.25, 0.3) is 0 Å². The van der Waals surface area contributed by atoms with Gasteiger partial charge in [0.15, 0.2) is 0 Å². The molecule has 1 N–H and O–H groups in total. The number of ether oxygens (including phenoxy) is 1. The van der Waals surface area contributed by atoms with Crippen LogP contribution >= 0.6 is 15.9 Å². The van der Waals surface area contributed by atoms with Gasteiger partial charge in [-0.15, -0.1) is 0 Å². The molecule has 1 aromatic rings. The molecule has 0 bridgehead atoms. The molecule has 0 aliphatic heterocycles. The Morgan fingerprint density at radius 3 is 3.00 bits per heavy atom. The fourth-order valence-corrected chi connectivity index (χ4v) is 3.51. The molecule has 0 saturated carbocycles. The number of methoxy groups -OCH3 is 1. The summed E-state index contributed by atoms with van der Waals surface area (Å²) < 4.78 is 8.34. The van der Waals surface area contributed by atoms with Crippen molar-refractivity contribution < 1.29 is 4.74 Å². The predicted octanol–water partition coefficient (Wildman–Crippen LogP) is 3.83. The highest BCUT2D eigenvalue weighted by Crippen LogP contribution is 2.31. The highest BCUT2D eigenvalue weighted by molar-refractivity contribution is 9.10. The molecular formula is C16H26BrN3O. The molecule has 4 nitrogen and oxygen atoms in total. The van der Waals surface area contributed by atoms with Gasteiger partial charge in [0.2, 0.25) is 0 Å². The number of allylic oxidation sites excluding steroid dienone is 1. The minimum absolute atomic E-state index is 0.313. The second-order valence-corrected chi connectivity index (χ2v) is 6.37. The predicted molar refractivity (Wildman–Crippen MR) is 89.4 cm³/mol. The summed E-state index contributed by atoms with van der Waals surface area (Å²) in [4.78, 5) is 0. The lowest BCUT2D eigenvalue weighted by molar-refractivity contribution is 0.181. The third-order valence-corrected chi connectivity index (χ3v) is 4.58. The van der Waals surface area contributed by atoms with Crippen LogP contribution < -0.4 is 5.32 Å². The number of rotatable bonds is 8. The van der Waals surface area contributed by atoms with Crippen molar-refractivity contribution in [2.24, 2.45) is 0 Å². The molecular weight excluding hydrogens is 330 g/mol. The minimum atomic E-state index is 0.313. The smallest absolute Gasteiger partial charge is 0.0699 e. The normalized spacial score (nSPS) is 16.8. The Bertz CT molecular complexity index is 470. The maximum absolute atomic E-state index is 5.19. The monoisotopic (exact) mass is 355 g/mol. The maximum atomic E-state index is 5.19. The van der Waals surface area contributed by atoms with E-state index < -0.39 is 0 Å². The number of hydrogen-bond donors (Lipinski definition) is 1. The van der Waals surface area contributed by atoms with Crippen LogP contribution in [0.15, 0.2) is 22.3 Å². The first-order valence-corrected chi connectivity index (χ1v) is 8.67. The van der Waals surface area contributed by atoms with Crippen molar-refractivity contribution in [2.75, 3.05) is 20.3 Å². The van der Waals surface area contributed by atoms with Crippen molar-refractivity contribution in [3.63, 3.8) is 0 Å². The van der Waals surface area contributed by atoms with Crippen molar-refractivity contribution in [1.29, 1.82) is 0 Å². The van der Waals surface area contributed by atoms with Crippen molar-refractivity contribution in [3.8, 4) is 0 Å². The highest BCUT2D eigenvalue weighted by Gasteiger charge is 2.21. The highest BCUT2D eigenvalue weighted by atomic mass is 79.9. The molecule has 0 aromatic carbocycles. The molecule has 1 aromatic heterocycles. The summed E-state index contributed by atoms with van der Waals surface area (Å²) in [5.74, 6) is 0. The average Bonchev–Trinajstić information content (AvgIpc) is 2.86. The third-order valence-electron chi connectivity index (χ3n) is 3.97. The first-order valence-electron chi connectivity index (χ1n) is 7.87. The van der Waals surface area contributed by atoms with E-state index in [1.54, 1.807) is 12.7 Å². The lowest BCUT2D eigenvalue weighted by atomic mass is 9.93. The summed E-state index contributed by atoms with van der Waals surface area (Å²) in [7, 11) is 1.73. The van der Waals surface area contributed by atoms with Gasteiger partial charge in [-0.1, -0.05) is 18.6 Å². The van der Waals surface area contributed by atoms with Gasteiger partial charge in [-0.05, 0) is 54.6 Å². The Kier molecular flexibility index (Phi) is 6.93. The second kappa shape index (κ2) is 8.71. The zero-order chi connectivity index (χ0) is 15.1. The van der Waals surface area contributed by atoms with Gasteiger partial charge in [0.1, 0.15) is 0 Å². The molecule has 0 radical (unpaired) electrons. The van der Waals surface area contributed by atoms with Gasteiger partial charge in [-0.3, -0.25) is 4.68 Å². The van der Waals surface area contributed by atoms with Crippen molar-refractivity contribution in [3.05, 3.63) is 28.0 Å². The van der Waals surface area contributed by atoms with Crippen LogP contribution in [0.4, 0.5) is 0 Å². The largest absolute Gasteiger partial charge is 0.383 e. The van der Waals surface area contributed by atoms with E-state index in [0.717, 1.165) is 24.0 Å². The van der Waals surface area contributed by atoms with Crippen LogP contribution in [0.2, 0.25) is 0 Å². The quantitative estimate of drug-likeness (QED) is 0.720. The topological polar surface area (TPSA) is 39.1 Å². The number of halogens is 1. The molecule has 21 heavy (non-hydrogen) atoms. The van der Waals surface area contributed by atoms with Crippen LogP contribution in [0, 0.1) is 0 Å². The van der Waals surface area contributed by atoms with Crippen LogP contribution in [-0.4, -0.2) is 30.0 Å². The summed E-state index contributed by atoms with van der Waals surface area (Å²) in [6, 6.07) is 0.313. The van der Waals surface area contributed by atoms with Gasteiger partial charge < -0.3 is 10.1 Å². The fraction of sp³-hybridized carbons (Fsp3) is 0.688. The summed E-state index contributed by atoms with van der Waals surface area (Å²) in [5.41, 5.74) is 2.82. The van der Waals surface area contributed by atoms with Gasteiger partial charge >= 0.3 is 0 Å². The van der Waals surface area contributed by atoms with Crippen molar-refractivity contribution >= 4 is 15.9 Å². The van der Waals surface area contributed by atoms with Gasteiger partial charge in [0.25, 0.3) is 0 Å². The Morgan fingerprint density at radius 1 is 1.48 bits per heavy atom. The summed E-state index contributed by atoms with van der Waals surface area (Å²) in [5, 5.41) is 8.10. The summed E-state index contributed by atoms with van der Waals surface area (Å²) in [6.07, 6.45) is 10.5. The summed E-state index contributed by atoms with van der Waals surface area (Å²) in [6.45, 7) is 4.59. The minimum Gasteiger partial charge on any atom is -0.383 e. The number of hydrogen-bond acceptors (Lipinski definition) is 3. The summed E-state index contributed by atoms with van der Waals surface area (Å²) >= 11 is 3.66. The molecule has 2 rings (SSSR count). The van der Waals surface area contributed by atoms with E-state index in [2.05, 4.69) is 44.0 Å². The van der Waals surface area contributed by atoms with E-state index in [1.807, 2.05) is 6.20 Å². The van der Waals surface area contributed by atoms with Crippen LogP contribution in [0.5, 0.6) is 0 Å². The van der Waals surface area contributed by atoms with E-state index in [-0.39, 0.29) is 0 Å². The number of nitrogens with one attached hydrogen (secondary N) is 1. The first kappa shape index (κ1) is 16.7. The molecule has 1 unspecified atom stereocenters. The molecule has 1 atom stereocenters. The molecule has 5 heteroatoms. The number of nitrogens with zero attached hydrogens (tertiary/aromatic N) is 2. The van der Waals surface area contributed by atoms with E-state index in [4.69, 9.17) is 4.74 Å². The standard InChI is InChI=1S/C16H26BrN3O/c1-3-18-15(11-13-7-5-4-6-8-13)16-14(17)12-19-20(16)9-10-21-2/h7,12,15,18H,3-6,8-11H2,1-2H3. The second-order valence-electron chi connectivity index (χ2n) is 5.52. The molecule has 1 heterocycles. The van der Waals surface area contributed by atoms with E-state index in [0.29, 0.717) is 12.6 Å². The molecule has 1 aliphatic rings. The average molecular weight is 356 g/mol. The van der Waals surface area contributed by atoms with E-state index >= 15 is 0 Å². The lowest BCUT2D eigenvalue weighted by Crippen LogP contribution is -2.25. The molecule has 0 saturated heterocycles. The van der Waals surface area contributed by atoms with Crippen molar-refractivity contribution in [1.82, 2.24) is 15.1 Å². The van der Waals surface area contributed by atoms with E-state index in [9.17, 15) is 0 Å². The van der Waals surface area contributed by atoms with Gasteiger partial charge in [-0.2, -0.15) is 5.10 Å². The van der Waals surface area contributed by atoms with E-state index in [1.165, 1.54) is 31.4 Å². The molecule has 118 valence electrons. The maximum Gasteiger partial charge on any atom is 0.0699 e. The fourth-order valence-electron chi connectivity index (χ4n) is 2.94. The van der Waals surface area contributed by atoms with Gasteiger partial charge in [0.05, 0.1) is 35.6 Å². The molecule has 0 fully saturated rings. The Balaban J connectivity index is 2.16. The molecule has 1 aliphatic carbocycles. The Labute approximate surface area is 136 Å². The Morgan fingerprint density at radius 2 is 2.33 bits per heavy atom. The van der Waals surface area contributed by atoms with Gasteiger partial charge in [-0.25, -0.2) is 0 Å². The SMILES string of the molecule is CCNC(CC1=CCCCC1)c1c(Br)cnn1CCOC.